The van der Waals surface area contributed by atoms with Crippen molar-refractivity contribution >= 4 is 5.91 Å². The summed E-state index contributed by atoms with van der Waals surface area (Å²) in [7, 11) is 0. The minimum Gasteiger partial charge on any atom is -0.379 e. The Morgan fingerprint density at radius 3 is 2.53 bits per heavy atom. The van der Waals surface area contributed by atoms with Crippen molar-refractivity contribution in [3.8, 4) is 0 Å². The van der Waals surface area contributed by atoms with E-state index >= 15 is 0 Å². The molecule has 0 radical (unpaired) electrons. The van der Waals surface area contributed by atoms with Crippen LogP contribution in [0.3, 0.4) is 0 Å². The molecule has 15 heavy (non-hydrogen) atoms. The third-order valence-electron chi connectivity index (χ3n) is 3.09. The first-order valence-corrected chi connectivity index (χ1v) is 5.69. The Morgan fingerprint density at radius 2 is 2.00 bits per heavy atom. The molecule has 4 nitrogen and oxygen atoms in total. The average Bonchev–Trinajstić information content (AvgIpc) is 2.18. The van der Waals surface area contributed by atoms with Gasteiger partial charge in [0.1, 0.15) is 0 Å². The number of carbonyl (C=O) groups is 1. The van der Waals surface area contributed by atoms with E-state index in [1.54, 1.807) is 6.92 Å². The number of carbonyl (C=O) groups excluding carboxylic acids is 1. The molecule has 1 fully saturated rings. The maximum atomic E-state index is 10.8. The predicted octanol–water partition coefficient (Wildman–Crippen LogP) is 0.786. The zero-order valence-corrected chi connectivity index (χ0v) is 9.50. The standard InChI is InChI=1S/C11H22N2O2/c1-9(10(12)14)7-15-8-11(13)5-3-2-4-6-11/h9H,2-8,13H2,1H3,(H2,12,14). The molecule has 88 valence electrons. The molecular formula is C11H22N2O2. The van der Waals surface area contributed by atoms with Gasteiger partial charge in [-0.25, -0.2) is 0 Å². The second-order valence-corrected chi connectivity index (χ2v) is 4.74. The summed E-state index contributed by atoms with van der Waals surface area (Å²) in [5.74, 6) is -0.540. The second-order valence-electron chi connectivity index (χ2n) is 4.74. The van der Waals surface area contributed by atoms with Crippen LogP contribution in [0.15, 0.2) is 0 Å². The molecule has 1 unspecified atom stereocenters. The van der Waals surface area contributed by atoms with Crippen molar-refractivity contribution in [1.29, 1.82) is 0 Å². The van der Waals surface area contributed by atoms with Crippen LogP contribution in [0.4, 0.5) is 0 Å². The molecule has 1 atom stereocenters. The first-order chi connectivity index (χ1) is 7.03. The Kier molecular flexibility index (Phi) is 4.54. The van der Waals surface area contributed by atoms with Gasteiger partial charge >= 0.3 is 0 Å². The lowest BCUT2D eigenvalue weighted by molar-refractivity contribution is -0.123. The van der Waals surface area contributed by atoms with Crippen molar-refractivity contribution in [3.05, 3.63) is 0 Å². The smallest absolute Gasteiger partial charge is 0.222 e. The van der Waals surface area contributed by atoms with Crippen LogP contribution in [0.5, 0.6) is 0 Å². The maximum Gasteiger partial charge on any atom is 0.222 e. The van der Waals surface area contributed by atoms with Gasteiger partial charge in [-0.3, -0.25) is 4.79 Å². The highest BCUT2D eigenvalue weighted by atomic mass is 16.5. The molecule has 1 rings (SSSR count). The Morgan fingerprint density at radius 1 is 1.40 bits per heavy atom. The minimum atomic E-state index is -0.315. The molecule has 0 saturated heterocycles. The van der Waals surface area contributed by atoms with Crippen LogP contribution in [-0.2, 0) is 9.53 Å². The molecule has 4 N–H and O–H groups in total. The van der Waals surface area contributed by atoms with Gasteiger partial charge < -0.3 is 16.2 Å². The summed E-state index contributed by atoms with van der Waals surface area (Å²) < 4.78 is 5.47. The molecule has 0 spiro atoms. The van der Waals surface area contributed by atoms with Crippen LogP contribution in [-0.4, -0.2) is 24.7 Å². The number of rotatable bonds is 5. The molecule has 0 aromatic heterocycles. The van der Waals surface area contributed by atoms with E-state index < -0.39 is 0 Å². The van der Waals surface area contributed by atoms with Gasteiger partial charge in [0.2, 0.25) is 5.91 Å². The Hall–Kier alpha value is -0.610. The molecule has 0 heterocycles. The van der Waals surface area contributed by atoms with Crippen LogP contribution in [0.25, 0.3) is 0 Å². The lowest BCUT2D eigenvalue weighted by atomic mass is 9.83. The topological polar surface area (TPSA) is 78.3 Å². The van der Waals surface area contributed by atoms with E-state index in [9.17, 15) is 4.79 Å². The Balaban J connectivity index is 2.21. The number of nitrogens with two attached hydrogens (primary N) is 2. The second kappa shape index (κ2) is 5.47. The lowest BCUT2D eigenvalue weighted by Gasteiger charge is -2.33. The van der Waals surface area contributed by atoms with Gasteiger partial charge in [-0.1, -0.05) is 26.2 Å². The van der Waals surface area contributed by atoms with Crippen molar-refractivity contribution in [2.45, 2.75) is 44.6 Å². The Bertz CT molecular complexity index is 213. The normalized spacial score (nSPS) is 22.3. The van der Waals surface area contributed by atoms with Gasteiger partial charge in [0.05, 0.1) is 19.1 Å². The van der Waals surface area contributed by atoms with Crippen molar-refractivity contribution in [2.24, 2.45) is 17.4 Å². The van der Waals surface area contributed by atoms with E-state index in [0.29, 0.717) is 13.2 Å². The zero-order chi connectivity index (χ0) is 11.3. The fourth-order valence-corrected chi connectivity index (χ4v) is 1.92. The summed E-state index contributed by atoms with van der Waals surface area (Å²) in [5.41, 5.74) is 11.1. The molecule has 0 aromatic rings. The quantitative estimate of drug-likeness (QED) is 0.710. The van der Waals surface area contributed by atoms with E-state index in [4.69, 9.17) is 16.2 Å². The molecule has 1 aliphatic rings. The Labute approximate surface area is 91.3 Å². The molecule has 1 aliphatic carbocycles. The van der Waals surface area contributed by atoms with Crippen LogP contribution >= 0.6 is 0 Å². The molecule has 1 saturated carbocycles. The highest BCUT2D eigenvalue weighted by Gasteiger charge is 2.27. The van der Waals surface area contributed by atoms with Crippen LogP contribution in [0, 0.1) is 5.92 Å². The van der Waals surface area contributed by atoms with Crippen molar-refractivity contribution in [1.82, 2.24) is 0 Å². The number of hydrogen-bond donors (Lipinski definition) is 2. The SMILES string of the molecule is CC(COCC1(N)CCCCC1)C(N)=O. The molecule has 0 aliphatic heterocycles. The third-order valence-corrected chi connectivity index (χ3v) is 3.09. The first-order valence-electron chi connectivity index (χ1n) is 5.69. The number of ether oxygens (including phenoxy) is 1. The highest BCUT2D eigenvalue weighted by Crippen LogP contribution is 2.26. The number of hydrogen-bond acceptors (Lipinski definition) is 3. The molecular weight excluding hydrogens is 192 g/mol. The van der Waals surface area contributed by atoms with Crippen LogP contribution < -0.4 is 11.5 Å². The number of amides is 1. The zero-order valence-electron chi connectivity index (χ0n) is 9.50. The first kappa shape index (κ1) is 12.5. The highest BCUT2D eigenvalue weighted by molar-refractivity contribution is 5.76. The van der Waals surface area contributed by atoms with Crippen molar-refractivity contribution in [2.75, 3.05) is 13.2 Å². The fourth-order valence-electron chi connectivity index (χ4n) is 1.92. The van der Waals surface area contributed by atoms with Crippen molar-refractivity contribution < 1.29 is 9.53 Å². The minimum absolute atomic E-state index is 0.171. The van der Waals surface area contributed by atoms with Gasteiger partial charge in [0.15, 0.2) is 0 Å². The predicted molar refractivity (Wildman–Crippen MR) is 59.2 cm³/mol. The summed E-state index contributed by atoms with van der Waals surface area (Å²) in [4.78, 5) is 10.8. The summed E-state index contributed by atoms with van der Waals surface area (Å²) in [5, 5.41) is 0. The number of primary amides is 1. The van der Waals surface area contributed by atoms with Crippen molar-refractivity contribution in [3.63, 3.8) is 0 Å². The van der Waals surface area contributed by atoms with Crippen LogP contribution in [0.2, 0.25) is 0 Å². The lowest BCUT2D eigenvalue weighted by Crippen LogP contribution is -2.46. The molecule has 0 bridgehead atoms. The third kappa shape index (κ3) is 4.18. The summed E-state index contributed by atoms with van der Waals surface area (Å²) in [6.07, 6.45) is 5.70. The van der Waals surface area contributed by atoms with E-state index in [1.807, 2.05) is 0 Å². The van der Waals surface area contributed by atoms with E-state index in [2.05, 4.69) is 0 Å². The average molecular weight is 214 g/mol. The van der Waals surface area contributed by atoms with E-state index in [0.717, 1.165) is 12.8 Å². The molecule has 4 heteroatoms. The fraction of sp³-hybridized carbons (Fsp3) is 0.909. The van der Waals surface area contributed by atoms with Crippen LogP contribution in [0.1, 0.15) is 39.0 Å². The van der Waals surface area contributed by atoms with Gasteiger partial charge in [0, 0.05) is 5.54 Å². The summed E-state index contributed by atoms with van der Waals surface area (Å²) in [6, 6.07) is 0. The maximum absolute atomic E-state index is 10.8. The largest absolute Gasteiger partial charge is 0.379 e. The van der Waals surface area contributed by atoms with E-state index in [1.165, 1.54) is 19.3 Å². The van der Waals surface area contributed by atoms with E-state index in [-0.39, 0.29) is 17.4 Å². The molecule has 0 aromatic carbocycles. The van der Waals surface area contributed by atoms with Gasteiger partial charge in [-0.05, 0) is 12.8 Å². The van der Waals surface area contributed by atoms with Gasteiger partial charge in [-0.2, -0.15) is 0 Å². The summed E-state index contributed by atoms with van der Waals surface area (Å²) in [6.45, 7) is 2.70. The van der Waals surface area contributed by atoms with Gasteiger partial charge in [0.25, 0.3) is 0 Å². The summed E-state index contributed by atoms with van der Waals surface area (Å²) >= 11 is 0. The molecule has 1 amide bonds. The van der Waals surface area contributed by atoms with Gasteiger partial charge in [-0.15, -0.1) is 0 Å². The monoisotopic (exact) mass is 214 g/mol.